The quantitative estimate of drug-likeness (QED) is 0.628. The van der Waals surface area contributed by atoms with Crippen molar-refractivity contribution in [3.8, 4) is 0 Å². The van der Waals surface area contributed by atoms with Crippen molar-refractivity contribution in [2.45, 2.75) is 6.92 Å². The summed E-state index contributed by atoms with van der Waals surface area (Å²) in [6.45, 7) is 5.56. The zero-order valence-corrected chi connectivity index (χ0v) is 5.87. The van der Waals surface area contributed by atoms with Crippen LogP contribution in [0.1, 0.15) is 6.92 Å². The lowest BCUT2D eigenvalue weighted by molar-refractivity contribution is 1.35. The first-order valence-corrected chi connectivity index (χ1v) is 3.46. The van der Waals surface area contributed by atoms with Crippen LogP contribution in [-0.2, 0) is 0 Å². The van der Waals surface area contributed by atoms with Gasteiger partial charge in [0.05, 0.1) is 0 Å². The van der Waals surface area contributed by atoms with E-state index in [2.05, 4.69) is 6.58 Å². The van der Waals surface area contributed by atoms with Crippen molar-refractivity contribution in [1.29, 1.82) is 0 Å². The highest BCUT2D eigenvalue weighted by Gasteiger charge is 1.82. The molecule has 0 heterocycles. The molecule has 1 nitrogen and oxygen atoms in total. The predicted octanol–water partition coefficient (Wildman–Crippen LogP) is 1.73. The Balaban J connectivity index is 3.24. The van der Waals surface area contributed by atoms with E-state index in [9.17, 15) is 0 Å². The number of hydrogen-bond donors (Lipinski definition) is 1. The van der Waals surface area contributed by atoms with Crippen molar-refractivity contribution >= 4 is 11.8 Å². The summed E-state index contributed by atoms with van der Waals surface area (Å²) in [5.41, 5.74) is 6.39. The number of thioether (sulfide) groups is 1. The Bertz CT molecular complexity index is 96.7. The van der Waals surface area contributed by atoms with Crippen LogP contribution in [0.3, 0.4) is 0 Å². The molecule has 0 aromatic heterocycles. The van der Waals surface area contributed by atoms with Gasteiger partial charge in [-0.1, -0.05) is 6.58 Å². The smallest absolute Gasteiger partial charge is 0.0199 e. The number of nitrogens with two attached hydrogens (primary N) is 1. The Labute approximate surface area is 54.6 Å². The normalized spacial score (nSPS) is 11.4. The van der Waals surface area contributed by atoms with Crippen LogP contribution in [-0.4, -0.2) is 5.75 Å². The molecular formula is C6H11NS. The maximum atomic E-state index is 5.20. The van der Waals surface area contributed by atoms with Crippen molar-refractivity contribution in [3.63, 3.8) is 0 Å². The third kappa shape index (κ3) is 3.81. The van der Waals surface area contributed by atoms with Gasteiger partial charge < -0.3 is 5.73 Å². The van der Waals surface area contributed by atoms with Crippen LogP contribution >= 0.6 is 11.8 Å². The monoisotopic (exact) mass is 129 g/mol. The molecule has 8 heavy (non-hydrogen) atoms. The van der Waals surface area contributed by atoms with E-state index in [1.54, 1.807) is 18.0 Å². The van der Waals surface area contributed by atoms with E-state index in [-0.39, 0.29) is 0 Å². The zero-order valence-electron chi connectivity index (χ0n) is 5.05. The Kier molecular flexibility index (Phi) is 4.56. The molecule has 0 aromatic carbocycles. The molecule has 0 saturated carbocycles. The second-order valence-corrected chi connectivity index (χ2v) is 2.45. The van der Waals surface area contributed by atoms with E-state index in [0.717, 1.165) is 5.75 Å². The molecule has 0 fully saturated rings. The van der Waals surface area contributed by atoms with Gasteiger partial charge in [0.15, 0.2) is 0 Å². The Morgan fingerprint density at radius 2 is 2.50 bits per heavy atom. The van der Waals surface area contributed by atoms with Crippen LogP contribution in [0.25, 0.3) is 0 Å². The lowest BCUT2D eigenvalue weighted by Gasteiger charge is -1.91. The largest absolute Gasteiger partial charge is 0.405 e. The average molecular weight is 129 g/mol. The fourth-order valence-electron chi connectivity index (χ4n) is 0.238. The zero-order chi connectivity index (χ0) is 6.41. The van der Waals surface area contributed by atoms with Gasteiger partial charge in [-0.2, -0.15) is 0 Å². The number of hydrogen-bond acceptors (Lipinski definition) is 2. The molecule has 46 valence electrons. The molecule has 0 rings (SSSR count). The van der Waals surface area contributed by atoms with Gasteiger partial charge in [-0.25, -0.2) is 0 Å². The van der Waals surface area contributed by atoms with Gasteiger partial charge in [0, 0.05) is 5.75 Å². The summed E-state index contributed by atoms with van der Waals surface area (Å²) in [7, 11) is 0. The molecular weight excluding hydrogens is 118 g/mol. The van der Waals surface area contributed by atoms with Crippen LogP contribution in [0.2, 0.25) is 0 Å². The van der Waals surface area contributed by atoms with E-state index >= 15 is 0 Å². The molecule has 0 aliphatic rings. The second kappa shape index (κ2) is 4.78. The van der Waals surface area contributed by atoms with Crippen molar-refractivity contribution in [3.05, 3.63) is 23.8 Å². The van der Waals surface area contributed by atoms with E-state index in [1.807, 2.05) is 12.3 Å². The Morgan fingerprint density at radius 1 is 1.88 bits per heavy atom. The molecule has 0 unspecified atom stereocenters. The molecule has 0 amide bonds. The highest BCUT2D eigenvalue weighted by molar-refractivity contribution is 8.02. The van der Waals surface area contributed by atoms with Crippen LogP contribution in [0.15, 0.2) is 23.8 Å². The molecule has 0 saturated heterocycles. The van der Waals surface area contributed by atoms with Gasteiger partial charge >= 0.3 is 0 Å². The fourth-order valence-corrected chi connectivity index (χ4v) is 0.715. The summed E-state index contributed by atoms with van der Waals surface area (Å²) < 4.78 is 0. The molecule has 0 atom stereocenters. The maximum Gasteiger partial charge on any atom is 0.0199 e. The molecule has 0 bridgehead atoms. The molecule has 2 N–H and O–H groups in total. The summed E-state index contributed by atoms with van der Waals surface area (Å²) in [4.78, 5) is 0. The summed E-state index contributed by atoms with van der Waals surface area (Å²) in [6, 6.07) is 0. The fraction of sp³-hybridized carbons (Fsp3) is 0.333. The summed E-state index contributed by atoms with van der Waals surface area (Å²) >= 11 is 1.66. The highest BCUT2D eigenvalue weighted by Crippen LogP contribution is 2.05. The molecule has 2 heteroatoms. The molecule has 0 aliphatic heterocycles. The molecule has 0 aromatic rings. The lowest BCUT2D eigenvalue weighted by atomic mass is 10.4. The topological polar surface area (TPSA) is 26.0 Å². The third-order valence-electron chi connectivity index (χ3n) is 0.713. The first-order valence-electron chi connectivity index (χ1n) is 2.41. The first kappa shape index (κ1) is 7.63. The van der Waals surface area contributed by atoms with Crippen molar-refractivity contribution < 1.29 is 0 Å². The SMILES string of the molecule is C=CSC/C(C)=C\N. The molecule has 0 spiro atoms. The first-order chi connectivity index (χ1) is 3.81. The van der Waals surface area contributed by atoms with Crippen LogP contribution < -0.4 is 5.73 Å². The molecule has 0 radical (unpaired) electrons. The van der Waals surface area contributed by atoms with Crippen LogP contribution in [0, 0.1) is 0 Å². The lowest BCUT2D eigenvalue weighted by Crippen LogP contribution is -1.85. The van der Waals surface area contributed by atoms with Gasteiger partial charge in [-0.15, -0.1) is 11.8 Å². The van der Waals surface area contributed by atoms with Gasteiger partial charge in [0.25, 0.3) is 0 Å². The minimum absolute atomic E-state index is 0.958. The van der Waals surface area contributed by atoms with Gasteiger partial charge in [-0.3, -0.25) is 0 Å². The maximum absolute atomic E-state index is 5.20. The van der Waals surface area contributed by atoms with Crippen molar-refractivity contribution in [1.82, 2.24) is 0 Å². The van der Waals surface area contributed by atoms with E-state index in [1.165, 1.54) is 5.57 Å². The van der Waals surface area contributed by atoms with Gasteiger partial charge in [0.1, 0.15) is 0 Å². The van der Waals surface area contributed by atoms with Crippen LogP contribution in [0.4, 0.5) is 0 Å². The van der Waals surface area contributed by atoms with E-state index < -0.39 is 0 Å². The van der Waals surface area contributed by atoms with Gasteiger partial charge in [-0.05, 0) is 24.1 Å². The van der Waals surface area contributed by atoms with Gasteiger partial charge in [0.2, 0.25) is 0 Å². The minimum Gasteiger partial charge on any atom is -0.405 e. The minimum atomic E-state index is 0.958. The van der Waals surface area contributed by atoms with E-state index in [0.29, 0.717) is 0 Å². The van der Waals surface area contributed by atoms with Crippen molar-refractivity contribution in [2.75, 3.05) is 5.75 Å². The Morgan fingerprint density at radius 3 is 2.88 bits per heavy atom. The van der Waals surface area contributed by atoms with Crippen LogP contribution in [0.5, 0.6) is 0 Å². The second-order valence-electron chi connectivity index (χ2n) is 1.49. The summed E-state index contributed by atoms with van der Waals surface area (Å²) in [6.07, 6.45) is 1.62. The average Bonchev–Trinajstić information content (AvgIpc) is 1.83. The Hall–Kier alpha value is -0.370. The van der Waals surface area contributed by atoms with E-state index in [4.69, 9.17) is 5.73 Å². The third-order valence-corrected chi connectivity index (χ3v) is 1.57. The molecule has 0 aliphatic carbocycles. The number of rotatable bonds is 3. The van der Waals surface area contributed by atoms with Crippen molar-refractivity contribution in [2.24, 2.45) is 5.73 Å². The summed E-state index contributed by atoms with van der Waals surface area (Å²) in [5.74, 6) is 0.958. The highest BCUT2D eigenvalue weighted by atomic mass is 32.2. The predicted molar refractivity (Wildman–Crippen MR) is 40.6 cm³/mol. The summed E-state index contributed by atoms with van der Waals surface area (Å²) in [5, 5.41) is 1.81. The standard InChI is InChI=1S/C6H11NS/c1-3-8-5-6(2)4-7/h3-4H,1,5,7H2,2H3/b6-4-.